The fraction of sp³-hybridized carbons (Fsp3) is 0.545. The number of pyridine rings is 1. The van der Waals surface area contributed by atoms with E-state index in [0.29, 0.717) is 19.3 Å². The van der Waals surface area contributed by atoms with Crippen LogP contribution in [0.3, 0.4) is 0 Å². The number of nitrogens with zero attached hydrogens (tertiary/aromatic N) is 1. The number of aromatic nitrogens is 1. The van der Waals surface area contributed by atoms with E-state index in [1.165, 1.54) is 0 Å². The van der Waals surface area contributed by atoms with Crippen molar-refractivity contribution >= 4 is 24.8 Å². The molecule has 0 radical (unpaired) electrons. The van der Waals surface area contributed by atoms with Gasteiger partial charge in [-0.15, -0.1) is 24.8 Å². The van der Waals surface area contributed by atoms with E-state index in [9.17, 15) is 4.39 Å². The first-order chi connectivity index (χ1) is 6.79. The molecule has 0 amide bonds. The molecule has 0 atom stereocenters. The number of alkyl halides is 1. The predicted octanol–water partition coefficient (Wildman–Crippen LogP) is 2.56. The van der Waals surface area contributed by atoms with Crippen LogP contribution in [0, 0.1) is 0 Å². The predicted molar refractivity (Wildman–Crippen MR) is 68.4 cm³/mol. The van der Waals surface area contributed by atoms with Crippen molar-refractivity contribution in [3.8, 4) is 0 Å². The second kappa shape index (κ2) is 7.05. The first kappa shape index (κ1) is 15.6. The van der Waals surface area contributed by atoms with Crippen LogP contribution in [-0.4, -0.2) is 23.7 Å². The molecular formula is C11H17Cl2FN2. The second-order valence-electron chi connectivity index (χ2n) is 3.90. The molecule has 1 fully saturated rings. The average Bonchev–Trinajstić information content (AvgIpc) is 2.19. The van der Waals surface area contributed by atoms with E-state index in [1.54, 1.807) is 6.20 Å². The molecule has 5 heteroatoms. The van der Waals surface area contributed by atoms with Crippen molar-refractivity contribution < 1.29 is 4.39 Å². The summed E-state index contributed by atoms with van der Waals surface area (Å²) in [6.07, 6.45) is 3.38. The molecule has 1 aromatic heterocycles. The van der Waals surface area contributed by atoms with E-state index in [2.05, 4.69) is 10.3 Å². The molecule has 0 aromatic carbocycles. The largest absolute Gasteiger partial charge is 0.316 e. The van der Waals surface area contributed by atoms with Gasteiger partial charge in [-0.25, -0.2) is 4.39 Å². The lowest BCUT2D eigenvalue weighted by molar-refractivity contribution is 0.115. The Morgan fingerprint density at radius 1 is 1.25 bits per heavy atom. The smallest absolute Gasteiger partial charge is 0.119 e. The lowest BCUT2D eigenvalue weighted by Crippen LogP contribution is -2.40. The van der Waals surface area contributed by atoms with Gasteiger partial charge in [0.1, 0.15) is 5.67 Å². The third-order valence-electron chi connectivity index (χ3n) is 2.72. The topological polar surface area (TPSA) is 24.9 Å². The lowest BCUT2D eigenvalue weighted by atomic mass is 9.89. The second-order valence-corrected chi connectivity index (χ2v) is 3.90. The van der Waals surface area contributed by atoms with E-state index < -0.39 is 5.67 Å². The van der Waals surface area contributed by atoms with Crippen LogP contribution >= 0.6 is 24.8 Å². The van der Waals surface area contributed by atoms with Crippen molar-refractivity contribution in [1.29, 1.82) is 0 Å². The molecule has 16 heavy (non-hydrogen) atoms. The number of hydrogen-bond acceptors (Lipinski definition) is 2. The molecule has 2 nitrogen and oxygen atoms in total. The van der Waals surface area contributed by atoms with Crippen LogP contribution in [0.4, 0.5) is 4.39 Å². The molecule has 2 heterocycles. The highest BCUT2D eigenvalue weighted by Crippen LogP contribution is 2.26. The van der Waals surface area contributed by atoms with Crippen molar-refractivity contribution in [2.45, 2.75) is 24.9 Å². The number of nitrogens with one attached hydrogen (secondary N) is 1. The van der Waals surface area contributed by atoms with Gasteiger partial charge in [0.25, 0.3) is 0 Å². The Morgan fingerprint density at radius 3 is 2.50 bits per heavy atom. The van der Waals surface area contributed by atoms with Gasteiger partial charge in [0.05, 0.1) is 0 Å². The zero-order valence-corrected chi connectivity index (χ0v) is 10.6. The molecule has 1 saturated heterocycles. The van der Waals surface area contributed by atoms with Gasteiger partial charge in [-0.05, 0) is 38.1 Å². The van der Waals surface area contributed by atoms with Crippen molar-refractivity contribution in [3.63, 3.8) is 0 Å². The van der Waals surface area contributed by atoms with E-state index in [-0.39, 0.29) is 24.8 Å². The summed E-state index contributed by atoms with van der Waals surface area (Å²) in [5.74, 6) is 0. The van der Waals surface area contributed by atoms with Crippen molar-refractivity contribution in [3.05, 3.63) is 30.1 Å². The Balaban J connectivity index is 0.00000112. The highest BCUT2D eigenvalue weighted by molar-refractivity contribution is 5.85. The standard InChI is InChI=1S/C11H15FN2.2ClH/c12-11(4-7-13-8-5-11)9-10-3-1-2-6-14-10;;/h1-3,6,13H,4-5,7-9H2;2*1H. The molecule has 92 valence electrons. The summed E-state index contributed by atoms with van der Waals surface area (Å²) in [6.45, 7) is 1.56. The molecule has 1 aromatic rings. The maximum atomic E-state index is 14.2. The number of piperidine rings is 1. The van der Waals surface area contributed by atoms with Crippen LogP contribution in [0.2, 0.25) is 0 Å². The minimum atomic E-state index is -1.04. The average molecular weight is 267 g/mol. The van der Waals surface area contributed by atoms with Crippen molar-refractivity contribution in [2.75, 3.05) is 13.1 Å². The van der Waals surface area contributed by atoms with E-state index in [1.807, 2.05) is 18.2 Å². The molecular weight excluding hydrogens is 250 g/mol. The number of rotatable bonds is 2. The summed E-state index contributed by atoms with van der Waals surface area (Å²) in [5.41, 5.74) is -0.184. The molecule has 2 rings (SSSR count). The van der Waals surface area contributed by atoms with Crippen molar-refractivity contribution in [2.24, 2.45) is 0 Å². The fourth-order valence-corrected chi connectivity index (χ4v) is 1.88. The van der Waals surface area contributed by atoms with Gasteiger partial charge in [0.2, 0.25) is 0 Å². The van der Waals surface area contributed by atoms with Crippen LogP contribution in [-0.2, 0) is 6.42 Å². The van der Waals surface area contributed by atoms with Gasteiger partial charge in [-0.2, -0.15) is 0 Å². The Hall–Kier alpha value is -0.380. The maximum Gasteiger partial charge on any atom is 0.119 e. The third-order valence-corrected chi connectivity index (χ3v) is 2.72. The molecule has 0 unspecified atom stereocenters. The summed E-state index contributed by atoms with van der Waals surface area (Å²) in [5, 5.41) is 3.17. The minimum absolute atomic E-state index is 0. The molecule has 1 aliphatic rings. The zero-order chi connectivity index (χ0) is 9.86. The normalized spacial score (nSPS) is 18.1. The Labute approximate surface area is 108 Å². The summed E-state index contributed by atoms with van der Waals surface area (Å²) in [4.78, 5) is 4.16. The summed E-state index contributed by atoms with van der Waals surface area (Å²) >= 11 is 0. The lowest BCUT2D eigenvalue weighted by Gasteiger charge is -2.29. The number of hydrogen-bond donors (Lipinski definition) is 1. The molecule has 1 aliphatic heterocycles. The van der Waals surface area contributed by atoms with Crippen LogP contribution in [0.15, 0.2) is 24.4 Å². The quantitative estimate of drug-likeness (QED) is 0.890. The fourth-order valence-electron chi connectivity index (χ4n) is 1.88. The molecule has 1 N–H and O–H groups in total. The summed E-state index contributed by atoms with van der Waals surface area (Å²) in [7, 11) is 0. The van der Waals surface area contributed by atoms with E-state index in [4.69, 9.17) is 0 Å². The Morgan fingerprint density at radius 2 is 1.94 bits per heavy atom. The minimum Gasteiger partial charge on any atom is -0.316 e. The molecule has 0 bridgehead atoms. The van der Waals surface area contributed by atoms with E-state index in [0.717, 1.165) is 18.8 Å². The first-order valence-electron chi connectivity index (χ1n) is 5.08. The highest BCUT2D eigenvalue weighted by atomic mass is 35.5. The van der Waals surface area contributed by atoms with Crippen LogP contribution in [0.1, 0.15) is 18.5 Å². The molecule has 0 saturated carbocycles. The third kappa shape index (κ3) is 4.24. The zero-order valence-electron chi connectivity index (χ0n) is 8.99. The van der Waals surface area contributed by atoms with Gasteiger partial charge in [0.15, 0.2) is 0 Å². The van der Waals surface area contributed by atoms with Gasteiger partial charge < -0.3 is 5.32 Å². The highest BCUT2D eigenvalue weighted by Gasteiger charge is 2.31. The molecule has 0 aliphatic carbocycles. The van der Waals surface area contributed by atoms with Crippen LogP contribution in [0.25, 0.3) is 0 Å². The summed E-state index contributed by atoms with van der Waals surface area (Å²) < 4.78 is 14.2. The Bertz CT molecular complexity index is 289. The monoisotopic (exact) mass is 266 g/mol. The van der Waals surface area contributed by atoms with Gasteiger partial charge in [-0.3, -0.25) is 4.98 Å². The van der Waals surface area contributed by atoms with Gasteiger partial charge in [-0.1, -0.05) is 6.07 Å². The van der Waals surface area contributed by atoms with Crippen LogP contribution < -0.4 is 5.32 Å². The number of halogens is 3. The summed E-state index contributed by atoms with van der Waals surface area (Å²) in [6, 6.07) is 5.66. The van der Waals surface area contributed by atoms with Gasteiger partial charge >= 0.3 is 0 Å². The van der Waals surface area contributed by atoms with Gasteiger partial charge in [0, 0.05) is 18.3 Å². The first-order valence-corrected chi connectivity index (χ1v) is 5.08. The van der Waals surface area contributed by atoms with E-state index >= 15 is 0 Å². The Kier molecular flexibility index (Phi) is 6.88. The SMILES string of the molecule is Cl.Cl.FC1(Cc2ccccn2)CCNCC1. The maximum absolute atomic E-state index is 14.2. The van der Waals surface area contributed by atoms with Crippen molar-refractivity contribution in [1.82, 2.24) is 10.3 Å². The van der Waals surface area contributed by atoms with Crippen LogP contribution in [0.5, 0.6) is 0 Å². The molecule has 0 spiro atoms.